The van der Waals surface area contributed by atoms with Crippen molar-refractivity contribution in [3.05, 3.63) is 39.8 Å². The van der Waals surface area contributed by atoms with E-state index in [-0.39, 0.29) is 28.0 Å². The van der Waals surface area contributed by atoms with Crippen molar-refractivity contribution in [3.8, 4) is 0 Å². The second kappa shape index (κ2) is 7.16. The van der Waals surface area contributed by atoms with Gasteiger partial charge in [0.1, 0.15) is 0 Å². The Labute approximate surface area is 156 Å². The van der Waals surface area contributed by atoms with Gasteiger partial charge >= 0.3 is 5.97 Å². The minimum Gasteiger partial charge on any atom is -0.478 e. The predicted molar refractivity (Wildman–Crippen MR) is 99.7 cm³/mol. The number of benzene rings is 1. The quantitative estimate of drug-likeness (QED) is 0.803. The van der Waals surface area contributed by atoms with Crippen LogP contribution in [0.25, 0.3) is 0 Å². The predicted octanol–water partition coefficient (Wildman–Crippen LogP) is 2.72. The van der Waals surface area contributed by atoms with Gasteiger partial charge in [-0.3, -0.25) is 4.79 Å². The minimum atomic E-state index is -3.61. The van der Waals surface area contributed by atoms with Gasteiger partial charge in [-0.1, -0.05) is 20.8 Å². The summed E-state index contributed by atoms with van der Waals surface area (Å²) in [7, 11) is -3.61. The average molecular weight is 396 g/mol. The molecule has 2 N–H and O–H groups in total. The Hall–Kier alpha value is -2.26. The number of carboxylic acid groups (broad SMARTS) is 1. The van der Waals surface area contributed by atoms with Crippen LogP contribution in [0.5, 0.6) is 0 Å². The Bertz CT molecular complexity index is 956. The molecule has 26 heavy (non-hydrogen) atoms. The molecule has 0 atom stereocenters. The van der Waals surface area contributed by atoms with Crippen molar-refractivity contribution in [2.45, 2.75) is 37.5 Å². The van der Waals surface area contributed by atoms with Crippen LogP contribution in [0.1, 0.15) is 41.8 Å². The molecule has 0 saturated carbocycles. The van der Waals surface area contributed by atoms with Crippen LogP contribution >= 0.6 is 11.3 Å². The molecule has 1 aromatic carbocycles. The number of hydrogen-bond acceptors (Lipinski definition) is 6. The van der Waals surface area contributed by atoms with Crippen LogP contribution in [0.15, 0.2) is 28.5 Å². The van der Waals surface area contributed by atoms with Crippen molar-refractivity contribution < 1.29 is 23.1 Å². The number of nitrogens with one attached hydrogen (secondary N) is 1. The third-order valence-electron chi connectivity index (χ3n) is 3.40. The Morgan fingerprint density at radius 3 is 2.38 bits per heavy atom. The summed E-state index contributed by atoms with van der Waals surface area (Å²) < 4.78 is 23.4. The van der Waals surface area contributed by atoms with Gasteiger partial charge in [0, 0.05) is 22.7 Å². The molecule has 9 heteroatoms. The first-order valence-corrected chi connectivity index (χ1v) is 10.5. The molecule has 2 rings (SSSR count). The first-order valence-electron chi connectivity index (χ1n) is 7.69. The molecule has 0 spiro atoms. The molecule has 1 amide bonds. The molecule has 0 aliphatic heterocycles. The van der Waals surface area contributed by atoms with Gasteiger partial charge in [0.25, 0.3) is 0 Å². The number of rotatable bonds is 5. The number of amides is 1. The van der Waals surface area contributed by atoms with Gasteiger partial charge in [0.15, 0.2) is 9.84 Å². The highest BCUT2D eigenvalue weighted by Gasteiger charge is 2.19. The van der Waals surface area contributed by atoms with Gasteiger partial charge in [0.05, 0.1) is 27.6 Å². The Kier molecular flexibility index (Phi) is 5.52. The maximum Gasteiger partial charge on any atom is 0.335 e. The van der Waals surface area contributed by atoms with Gasteiger partial charge in [-0.25, -0.2) is 18.2 Å². The normalized spacial score (nSPS) is 12.0. The number of carbonyl (C=O) groups excluding carboxylic acids is 1. The number of sulfone groups is 1. The van der Waals surface area contributed by atoms with Crippen LogP contribution < -0.4 is 5.32 Å². The Morgan fingerprint density at radius 2 is 1.88 bits per heavy atom. The van der Waals surface area contributed by atoms with Crippen LogP contribution in [0.4, 0.5) is 5.69 Å². The molecular weight excluding hydrogens is 376 g/mol. The van der Waals surface area contributed by atoms with E-state index in [1.807, 2.05) is 20.8 Å². The zero-order valence-corrected chi connectivity index (χ0v) is 16.5. The first-order chi connectivity index (χ1) is 11.9. The number of aromatic carboxylic acids is 1. The highest BCUT2D eigenvalue weighted by atomic mass is 32.2. The Balaban J connectivity index is 2.22. The van der Waals surface area contributed by atoms with E-state index in [0.29, 0.717) is 5.69 Å². The van der Waals surface area contributed by atoms with Crippen LogP contribution in [0.3, 0.4) is 0 Å². The largest absolute Gasteiger partial charge is 0.478 e. The summed E-state index contributed by atoms with van der Waals surface area (Å²) in [5.41, 5.74) is 0.392. The molecular formula is C17H20N2O5S2. The topological polar surface area (TPSA) is 113 Å². The summed E-state index contributed by atoms with van der Waals surface area (Å²) in [6.45, 7) is 6.08. The summed E-state index contributed by atoms with van der Waals surface area (Å²) in [5, 5.41) is 14.4. The summed E-state index contributed by atoms with van der Waals surface area (Å²) in [5.74, 6) is -1.68. The van der Waals surface area contributed by atoms with Crippen molar-refractivity contribution in [1.29, 1.82) is 0 Å². The van der Waals surface area contributed by atoms with Gasteiger partial charge in [0.2, 0.25) is 5.91 Å². The molecule has 0 aliphatic carbocycles. The lowest BCUT2D eigenvalue weighted by atomic mass is 9.98. The molecule has 0 unspecified atom stereocenters. The smallest absolute Gasteiger partial charge is 0.335 e. The molecule has 0 bridgehead atoms. The number of aromatic nitrogens is 1. The fourth-order valence-electron chi connectivity index (χ4n) is 2.11. The highest BCUT2D eigenvalue weighted by Crippen LogP contribution is 2.26. The summed E-state index contributed by atoms with van der Waals surface area (Å²) in [6, 6.07) is 3.52. The van der Waals surface area contributed by atoms with Crippen LogP contribution in [0.2, 0.25) is 0 Å². The lowest BCUT2D eigenvalue weighted by molar-refractivity contribution is -0.115. The molecule has 0 aliphatic rings. The van der Waals surface area contributed by atoms with Gasteiger partial charge < -0.3 is 10.4 Å². The van der Waals surface area contributed by atoms with E-state index in [2.05, 4.69) is 10.3 Å². The van der Waals surface area contributed by atoms with Crippen molar-refractivity contribution >= 4 is 38.7 Å². The van der Waals surface area contributed by atoms with Crippen LogP contribution in [-0.4, -0.2) is 36.6 Å². The van der Waals surface area contributed by atoms with Crippen molar-refractivity contribution in [2.24, 2.45) is 0 Å². The van der Waals surface area contributed by atoms with Gasteiger partial charge in [-0.15, -0.1) is 11.3 Å². The van der Waals surface area contributed by atoms with Crippen molar-refractivity contribution in [3.63, 3.8) is 0 Å². The van der Waals surface area contributed by atoms with Gasteiger partial charge in [-0.2, -0.15) is 0 Å². The third kappa shape index (κ3) is 5.12. The fourth-order valence-corrected chi connectivity index (χ4v) is 3.70. The van der Waals surface area contributed by atoms with Crippen molar-refractivity contribution in [2.75, 3.05) is 11.6 Å². The molecule has 0 saturated heterocycles. The standard InChI is InChI=1S/C17H20N2O5S2/c1-17(2,3)16-19-12(9-25-16)8-14(20)18-11-5-10(15(21)22)6-13(7-11)26(4,23)24/h5-7,9H,8H2,1-4H3,(H,18,20)(H,21,22). The van der Waals surface area contributed by atoms with E-state index in [0.717, 1.165) is 17.3 Å². The lowest BCUT2D eigenvalue weighted by Gasteiger charge is -2.13. The van der Waals surface area contributed by atoms with E-state index < -0.39 is 21.7 Å². The van der Waals surface area contributed by atoms with Crippen molar-refractivity contribution in [1.82, 2.24) is 4.98 Å². The lowest BCUT2D eigenvalue weighted by Crippen LogP contribution is -2.16. The molecule has 0 radical (unpaired) electrons. The number of anilines is 1. The summed E-state index contributed by atoms with van der Waals surface area (Å²) in [6.07, 6.45) is 0.987. The average Bonchev–Trinajstić information content (AvgIpc) is 2.94. The van der Waals surface area contributed by atoms with E-state index in [1.165, 1.54) is 23.5 Å². The first kappa shape index (κ1) is 20.1. The monoisotopic (exact) mass is 396 g/mol. The van der Waals surface area contributed by atoms with E-state index in [1.54, 1.807) is 5.38 Å². The van der Waals surface area contributed by atoms with E-state index in [4.69, 9.17) is 5.11 Å². The second-order valence-corrected chi connectivity index (χ2v) is 9.82. The molecule has 1 aromatic heterocycles. The SMILES string of the molecule is CC(C)(C)c1nc(CC(=O)Nc2cc(C(=O)O)cc(S(C)(=O)=O)c2)cs1. The minimum absolute atomic E-state index is 0.0120. The maximum atomic E-state index is 12.2. The molecule has 7 nitrogen and oxygen atoms in total. The fraction of sp³-hybridized carbons (Fsp3) is 0.353. The van der Waals surface area contributed by atoms with E-state index >= 15 is 0 Å². The number of nitrogens with zero attached hydrogens (tertiary/aromatic N) is 1. The number of hydrogen-bond donors (Lipinski definition) is 2. The van der Waals surface area contributed by atoms with E-state index in [9.17, 15) is 18.0 Å². The molecule has 140 valence electrons. The molecule has 0 fully saturated rings. The van der Waals surface area contributed by atoms with Crippen LogP contribution in [-0.2, 0) is 26.5 Å². The summed E-state index contributed by atoms with van der Waals surface area (Å²) in [4.78, 5) is 27.7. The molecule has 1 heterocycles. The zero-order chi connectivity index (χ0) is 19.7. The number of thiazole rings is 1. The zero-order valence-electron chi connectivity index (χ0n) is 14.9. The van der Waals surface area contributed by atoms with Crippen LogP contribution in [0, 0.1) is 0 Å². The summed E-state index contributed by atoms with van der Waals surface area (Å²) >= 11 is 1.47. The number of carbonyl (C=O) groups is 2. The maximum absolute atomic E-state index is 12.2. The third-order valence-corrected chi connectivity index (χ3v) is 5.81. The Morgan fingerprint density at radius 1 is 1.23 bits per heavy atom. The molecule has 2 aromatic rings. The van der Waals surface area contributed by atoms with Gasteiger partial charge in [-0.05, 0) is 18.2 Å². The highest BCUT2D eigenvalue weighted by molar-refractivity contribution is 7.90. The number of carboxylic acids is 1. The second-order valence-electron chi connectivity index (χ2n) is 6.94.